The van der Waals surface area contributed by atoms with Gasteiger partial charge in [0.2, 0.25) is 0 Å². The van der Waals surface area contributed by atoms with Gasteiger partial charge in [0.1, 0.15) is 5.75 Å². The van der Waals surface area contributed by atoms with E-state index in [0.717, 1.165) is 17.9 Å². The molecule has 6 heteroatoms. The molecular formula is C14H23N3O3. The van der Waals surface area contributed by atoms with Crippen molar-refractivity contribution < 1.29 is 14.7 Å². The van der Waals surface area contributed by atoms with Crippen LogP contribution in [0.25, 0.3) is 0 Å². The van der Waals surface area contributed by atoms with Gasteiger partial charge in [0.05, 0.1) is 19.8 Å². The molecule has 0 radical (unpaired) electrons. The molecule has 0 saturated heterocycles. The summed E-state index contributed by atoms with van der Waals surface area (Å²) in [6, 6.07) is 5.39. The molecule has 0 fully saturated rings. The molecule has 0 amide bonds. The first-order valence-corrected chi connectivity index (χ1v) is 6.55. The van der Waals surface area contributed by atoms with Crippen LogP contribution in [0.5, 0.6) is 5.75 Å². The molecular weight excluding hydrogens is 258 g/mol. The SMILES string of the molecule is COc1ccc(/C(N)=N/O)cc1CNCCOC(C)C. The fraction of sp³-hybridized carbons (Fsp3) is 0.500. The molecule has 20 heavy (non-hydrogen) atoms. The minimum absolute atomic E-state index is 0.0806. The second kappa shape index (κ2) is 8.39. The Morgan fingerprint density at radius 3 is 2.80 bits per heavy atom. The summed E-state index contributed by atoms with van der Waals surface area (Å²) in [4.78, 5) is 0. The number of hydrogen-bond donors (Lipinski definition) is 3. The Labute approximate surface area is 119 Å². The minimum atomic E-state index is 0.0806. The van der Waals surface area contributed by atoms with Gasteiger partial charge in [-0.3, -0.25) is 0 Å². The molecule has 0 aliphatic heterocycles. The van der Waals surface area contributed by atoms with Crippen LogP contribution >= 0.6 is 0 Å². The number of nitrogens with zero attached hydrogens (tertiary/aromatic N) is 1. The monoisotopic (exact) mass is 281 g/mol. The van der Waals surface area contributed by atoms with E-state index >= 15 is 0 Å². The highest BCUT2D eigenvalue weighted by molar-refractivity contribution is 5.97. The minimum Gasteiger partial charge on any atom is -0.496 e. The predicted molar refractivity (Wildman–Crippen MR) is 78.3 cm³/mol. The van der Waals surface area contributed by atoms with Crippen LogP contribution in [0.4, 0.5) is 0 Å². The lowest BCUT2D eigenvalue weighted by Gasteiger charge is -2.12. The molecule has 6 nitrogen and oxygen atoms in total. The number of oxime groups is 1. The van der Waals surface area contributed by atoms with Gasteiger partial charge in [0.25, 0.3) is 0 Å². The summed E-state index contributed by atoms with van der Waals surface area (Å²) in [5, 5.41) is 15.0. The summed E-state index contributed by atoms with van der Waals surface area (Å²) in [6.07, 6.45) is 0.232. The average molecular weight is 281 g/mol. The smallest absolute Gasteiger partial charge is 0.170 e. The second-order valence-corrected chi connectivity index (χ2v) is 4.61. The Kier molecular flexibility index (Phi) is 6.83. The summed E-state index contributed by atoms with van der Waals surface area (Å²) >= 11 is 0. The van der Waals surface area contributed by atoms with Gasteiger partial charge < -0.3 is 25.7 Å². The molecule has 1 aromatic carbocycles. The lowest BCUT2D eigenvalue weighted by molar-refractivity contribution is 0.0807. The Bertz CT molecular complexity index is 447. The van der Waals surface area contributed by atoms with Crippen molar-refractivity contribution in [2.45, 2.75) is 26.5 Å². The van der Waals surface area contributed by atoms with Crippen molar-refractivity contribution in [1.82, 2.24) is 5.32 Å². The highest BCUT2D eigenvalue weighted by Crippen LogP contribution is 2.19. The summed E-state index contributed by atoms with van der Waals surface area (Å²) in [5.41, 5.74) is 7.18. The fourth-order valence-electron chi connectivity index (χ4n) is 1.72. The molecule has 0 atom stereocenters. The number of nitrogens with one attached hydrogen (secondary N) is 1. The number of hydrogen-bond acceptors (Lipinski definition) is 5. The molecule has 0 unspecified atom stereocenters. The zero-order valence-electron chi connectivity index (χ0n) is 12.2. The van der Waals surface area contributed by atoms with Gasteiger partial charge in [0, 0.05) is 24.2 Å². The Morgan fingerprint density at radius 2 is 2.20 bits per heavy atom. The number of nitrogens with two attached hydrogens (primary N) is 1. The second-order valence-electron chi connectivity index (χ2n) is 4.61. The number of amidine groups is 1. The molecule has 0 aromatic heterocycles. The van der Waals surface area contributed by atoms with Gasteiger partial charge in [0.15, 0.2) is 5.84 Å². The van der Waals surface area contributed by atoms with E-state index in [1.54, 1.807) is 19.2 Å². The third-order valence-electron chi connectivity index (χ3n) is 2.73. The van der Waals surface area contributed by atoms with Crippen molar-refractivity contribution in [3.05, 3.63) is 29.3 Å². The molecule has 4 N–H and O–H groups in total. The first-order chi connectivity index (χ1) is 9.58. The van der Waals surface area contributed by atoms with E-state index in [1.807, 2.05) is 19.9 Å². The van der Waals surface area contributed by atoms with Crippen LogP contribution in [0, 0.1) is 0 Å². The van der Waals surface area contributed by atoms with Crippen LogP contribution in [0.2, 0.25) is 0 Å². The number of methoxy groups -OCH3 is 1. The van der Waals surface area contributed by atoms with E-state index in [-0.39, 0.29) is 11.9 Å². The van der Waals surface area contributed by atoms with Gasteiger partial charge in [-0.25, -0.2) is 0 Å². The van der Waals surface area contributed by atoms with Gasteiger partial charge in [-0.15, -0.1) is 0 Å². The molecule has 1 rings (SSSR count). The zero-order valence-corrected chi connectivity index (χ0v) is 12.2. The van der Waals surface area contributed by atoms with Gasteiger partial charge >= 0.3 is 0 Å². The van der Waals surface area contributed by atoms with E-state index < -0.39 is 0 Å². The van der Waals surface area contributed by atoms with Crippen LogP contribution < -0.4 is 15.8 Å². The molecule has 0 saturated carbocycles. The molecule has 0 bridgehead atoms. The summed E-state index contributed by atoms with van der Waals surface area (Å²) < 4.78 is 10.7. The van der Waals surface area contributed by atoms with E-state index in [0.29, 0.717) is 18.7 Å². The van der Waals surface area contributed by atoms with Gasteiger partial charge in [-0.2, -0.15) is 0 Å². The highest BCUT2D eigenvalue weighted by atomic mass is 16.5. The first kappa shape index (κ1) is 16.3. The van der Waals surface area contributed by atoms with E-state index in [2.05, 4.69) is 10.5 Å². The largest absolute Gasteiger partial charge is 0.496 e. The Hall–Kier alpha value is -1.79. The van der Waals surface area contributed by atoms with Crippen molar-refractivity contribution in [3.63, 3.8) is 0 Å². The zero-order chi connectivity index (χ0) is 15.0. The molecule has 1 aromatic rings. The van der Waals surface area contributed by atoms with E-state index in [4.69, 9.17) is 20.4 Å². The Morgan fingerprint density at radius 1 is 1.45 bits per heavy atom. The molecule has 0 heterocycles. The summed E-state index contributed by atoms with van der Waals surface area (Å²) in [6.45, 7) is 6.03. The van der Waals surface area contributed by atoms with Crippen LogP contribution in [0.1, 0.15) is 25.0 Å². The third kappa shape index (κ3) is 5.07. The average Bonchev–Trinajstić information content (AvgIpc) is 2.45. The summed E-state index contributed by atoms with van der Waals surface area (Å²) in [5.74, 6) is 0.841. The van der Waals surface area contributed by atoms with Crippen molar-refractivity contribution in [1.29, 1.82) is 0 Å². The standard InChI is InChI=1S/C14H23N3O3/c1-10(2)20-7-6-16-9-12-8-11(14(15)17-18)4-5-13(12)19-3/h4-5,8,10,16,18H,6-7,9H2,1-3H3,(H2,15,17). The van der Waals surface area contributed by atoms with Crippen LogP contribution in [0.15, 0.2) is 23.4 Å². The molecule has 0 spiro atoms. The Balaban J connectivity index is 2.62. The molecule has 112 valence electrons. The first-order valence-electron chi connectivity index (χ1n) is 6.55. The van der Waals surface area contributed by atoms with E-state index in [1.165, 1.54) is 0 Å². The van der Waals surface area contributed by atoms with Crippen molar-refractivity contribution in [2.75, 3.05) is 20.3 Å². The van der Waals surface area contributed by atoms with Crippen molar-refractivity contribution in [2.24, 2.45) is 10.9 Å². The van der Waals surface area contributed by atoms with Crippen LogP contribution in [-0.4, -0.2) is 37.4 Å². The maximum atomic E-state index is 8.70. The number of rotatable bonds is 8. The number of benzene rings is 1. The topological polar surface area (TPSA) is 89.1 Å². The maximum absolute atomic E-state index is 8.70. The van der Waals surface area contributed by atoms with E-state index in [9.17, 15) is 0 Å². The third-order valence-corrected chi connectivity index (χ3v) is 2.73. The maximum Gasteiger partial charge on any atom is 0.170 e. The fourth-order valence-corrected chi connectivity index (χ4v) is 1.72. The lowest BCUT2D eigenvalue weighted by atomic mass is 10.1. The van der Waals surface area contributed by atoms with Crippen LogP contribution in [-0.2, 0) is 11.3 Å². The molecule has 0 aliphatic rings. The van der Waals surface area contributed by atoms with Crippen LogP contribution in [0.3, 0.4) is 0 Å². The summed E-state index contributed by atoms with van der Waals surface area (Å²) in [7, 11) is 1.61. The van der Waals surface area contributed by atoms with Crippen molar-refractivity contribution >= 4 is 5.84 Å². The van der Waals surface area contributed by atoms with Gasteiger partial charge in [-0.1, -0.05) is 5.16 Å². The quantitative estimate of drug-likeness (QED) is 0.220. The predicted octanol–water partition coefficient (Wildman–Crippen LogP) is 1.30. The van der Waals surface area contributed by atoms with Gasteiger partial charge in [-0.05, 0) is 32.0 Å². The lowest BCUT2D eigenvalue weighted by Crippen LogP contribution is -2.21. The van der Waals surface area contributed by atoms with Crippen molar-refractivity contribution in [3.8, 4) is 5.75 Å². The highest BCUT2D eigenvalue weighted by Gasteiger charge is 2.07. The normalized spacial score (nSPS) is 11.9. The number of ether oxygens (including phenoxy) is 2. The molecule has 0 aliphatic carbocycles.